The van der Waals surface area contributed by atoms with Crippen molar-refractivity contribution >= 4 is 23.4 Å². The molecule has 3 nitrogen and oxygen atoms in total. The molecule has 0 saturated carbocycles. The monoisotopic (exact) mass is 434 g/mol. The first kappa shape index (κ1) is 21.0. The summed E-state index contributed by atoms with van der Waals surface area (Å²) in [5, 5.41) is 9.91. The van der Waals surface area contributed by atoms with Crippen molar-refractivity contribution < 1.29 is 17.9 Å². The van der Waals surface area contributed by atoms with Crippen molar-refractivity contribution in [2.75, 3.05) is 7.11 Å². The van der Waals surface area contributed by atoms with E-state index in [9.17, 15) is 18.4 Å². The molecule has 0 radical (unpaired) electrons. The highest BCUT2D eigenvalue weighted by molar-refractivity contribution is 7.98. The summed E-state index contributed by atoms with van der Waals surface area (Å²) in [7, 11) is 1.50. The number of alkyl halides is 3. The Hall–Kier alpha value is -2.69. The molecule has 3 rings (SSSR count). The topological polar surface area (TPSA) is 45.9 Å². The van der Waals surface area contributed by atoms with Crippen LogP contribution in [0.2, 0.25) is 5.02 Å². The van der Waals surface area contributed by atoms with Gasteiger partial charge in [0, 0.05) is 16.3 Å². The van der Waals surface area contributed by atoms with Crippen molar-refractivity contribution in [3.63, 3.8) is 0 Å². The van der Waals surface area contributed by atoms with Crippen LogP contribution >= 0.6 is 23.4 Å². The predicted molar refractivity (Wildman–Crippen MR) is 107 cm³/mol. The van der Waals surface area contributed by atoms with Crippen molar-refractivity contribution in [1.29, 1.82) is 5.26 Å². The Bertz CT molecular complexity index is 1060. The summed E-state index contributed by atoms with van der Waals surface area (Å²) in [6, 6.07) is 16.1. The number of thioether (sulfide) groups is 1. The molecule has 0 aliphatic rings. The second kappa shape index (κ2) is 8.76. The van der Waals surface area contributed by atoms with Gasteiger partial charge in [-0.25, -0.2) is 4.98 Å². The van der Waals surface area contributed by atoms with Gasteiger partial charge in [-0.2, -0.15) is 18.4 Å². The Kier molecular flexibility index (Phi) is 6.36. The summed E-state index contributed by atoms with van der Waals surface area (Å²) in [6.07, 6.45) is -4.69. The number of ether oxygens (including phenoxy) is 1. The molecule has 1 heterocycles. The van der Waals surface area contributed by atoms with Gasteiger partial charge in [-0.15, -0.1) is 11.8 Å². The predicted octanol–water partition coefficient (Wildman–Crippen LogP) is 6.59. The van der Waals surface area contributed by atoms with Crippen LogP contribution in [0.1, 0.15) is 16.7 Å². The average Bonchev–Trinajstić information content (AvgIpc) is 2.72. The highest BCUT2D eigenvalue weighted by atomic mass is 35.5. The lowest BCUT2D eigenvalue weighted by molar-refractivity contribution is -0.138. The minimum atomic E-state index is -4.69. The molecule has 2 aromatic carbocycles. The largest absolute Gasteiger partial charge is 0.497 e. The van der Waals surface area contributed by atoms with E-state index in [0.717, 1.165) is 23.4 Å². The fourth-order valence-electron chi connectivity index (χ4n) is 2.63. The number of methoxy groups -OCH3 is 1. The number of nitriles is 1. The second-order valence-electron chi connectivity index (χ2n) is 5.95. The SMILES string of the molecule is COc1ccc(-c2cc(C(F)(F)F)c(C#N)c(SCc3ccccc3Cl)n2)cc1. The van der Waals surface area contributed by atoms with Crippen LogP contribution < -0.4 is 4.74 Å². The lowest BCUT2D eigenvalue weighted by atomic mass is 10.1. The summed E-state index contributed by atoms with van der Waals surface area (Å²) in [5.41, 5.74) is -0.149. The van der Waals surface area contributed by atoms with Crippen LogP contribution in [-0.2, 0) is 11.9 Å². The molecule has 0 N–H and O–H groups in total. The van der Waals surface area contributed by atoms with E-state index < -0.39 is 17.3 Å². The van der Waals surface area contributed by atoms with Crippen LogP contribution in [0.3, 0.4) is 0 Å². The number of pyridine rings is 1. The molecule has 0 saturated heterocycles. The van der Waals surface area contributed by atoms with Gasteiger partial charge in [-0.3, -0.25) is 0 Å². The van der Waals surface area contributed by atoms with Gasteiger partial charge in [0.2, 0.25) is 0 Å². The maximum absolute atomic E-state index is 13.6. The molecule has 0 amide bonds. The minimum Gasteiger partial charge on any atom is -0.497 e. The fourth-order valence-corrected chi connectivity index (χ4v) is 3.92. The molecule has 0 fully saturated rings. The quantitative estimate of drug-likeness (QED) is 0.425. The number of nitrogens with zero attached hydrogens (tertiary/aromatic N) is 2. The number of rotatable bonds is 5. The van der Waals surface area contributed by atoms with Crippen LogP contribution in [0.15, 0.2) is 59.6 Å². The van der Waals surface area contributed by atoms with Crippen LogP contribution in [0.5, 0.6) is 5.75 Å². The third-order valence-electron chi connectivity index (χ3n) is 4.11. The molecule has 0 aliphatic heterocycles. The molecule has 1 aromatic heterocycles. The lowest BCUT2D eigenvalue weighted by Crippen LogP contribution is -2.10. The average molecular weight is 435 g/mol. The van der Waals surface area contributed by atoms with Crippen LogP contribution in [0.4, 0.5) is 13.2 Å². The number of hydrogen-bond donors (Lipinski definition) is 0. The molecule has 29 heavy (non-hydrogen) atoms. The van der Waals surface area contributed by atoms with Gasteiger partial charge in [-0.05, 0) is 42.0 Å². The Morgan fingerprint density at radius 3 is 2.41 bits per heavy atom. The lowest BCUT2D eigenvalue weighted by Gasteiger charge is -2.14. The molecule has 0 bridgehead atoms. The standard InChI is InChI=1S/C21H14ClF3N2OS/c1-28-15-8-6-13(7-9-15)19-10-17(21(23,24)25)16(11-26)20(27-19)29-12-14-4-2-3-5-18(14)22/h2-10H,12H2,1H3. The molecule has 8 heteroatoms. The van der Waals surface area contributed by atoms with E-state index in [-0.39, 0.29) is 16.5 Å². The zero-order valence-corrected chi connectivity index (χ0v) is 16.7. The summed E-state index contributed by atoms with van der Waals surface area (Å²) in [4.78, 5) is 4.34. The molecule has 0 spiro atoms. The summed E-state index contributed by atoms with van der Waals surface area (Å²) < 4.78 is 46.0. The minimum absolute atomic E-state index is 0.00747. The molecular formula is C21H14ClF3N2OS. The van der Waals surface area contributed by atoms with E-state index in [1.807, 2.05) is 0 Å². The third kappa shape index (κ3) is 4.84. The van der Waals surface area contributed by atoms with E-state index in [2.05, 4.69) is 4.98 Å². The molecule has 3 aromatic rings. The van der Waals surface area contributed by atoms with Crippen molar-refractivity contribution in [3.8, 4) is 23.1 Å². The Labute approximate surface area is 175 Å². The first-order valence-electron chi connectivity index (χ1n) is 8.36. The smallest absolute Gasteiger partial charge is 0.417 e. The fraction of sp³-hybridized carbons (Fsp3) is 0.143. The highest BCUT2D eigenvalue weighted by Crippen LogP contribution is 2.39. The Balaban J connectivity index is 2.07. The van der Waals surface area contributed by atoms with Crippen molar-refractivity contribution in [2.45, 2.75) is 17.0 Å². The van der Waals surface area contributed by atoms with Gasteiger partial charge in [0.25, 0.3) is 0 Å². The van der Waals surface area contributed by atoms with Crippen LogP contribution in [0.25, 0.3) is 11.3 Å². The van der Waals surface area contributed by atoms with Crippen LogP contribution in [0, 0.1) is 11.3 Å². The zero-order chi connectivity index (χ0) is 21.0. The molecular weight excluding hydrogens is 421 g/mol. The van der Waals surface area contributed by atoms with Crippen molar-refractivity contribution in [3.05, 3.63) is 76.3 Å². The van der Waals surface area contributed by atoms with Gasteiger partial charge < -0.3 is 4.74 Å². The maximum atomic E-state index is 13.6. The van der Waals surface area contributed by atoms with E-state index in [0.29, 0.717) is 16.3 Å². The molecule has 148 valence electrons. The zero-order valence-electron chi connectivity index (χ0n) is 15.1. The van der Waals surface area contributed by atoms with Crippen LogP contribution in [-0.4, -0.2) is 12.1 Å². The molecule has 0 aliphatic carbocycles. The van der Waals surface area contributed by atoms with Gasteiger partial charge in [-0.1, -0.05) is 29.8 Å². The summed E-state index contributed by atoms with van der Waals surface area (Å²) >= 11 is 7.18. The first-order valence-corrected chi connectivity index (χ1v) is 9.73. The number of halogens is 4. The van der Waals surface area contributed by atoms with Crippen molar-refractivity contribution in [1.82, 2.24) is 4.98 Å². The third-order valence-corrected chi connectivity index (χ3v) is 5.50. The normalized spacial score (nSPS) is 11.2. The maximum Gasteiger partial charge on any atom is 0.417 e. The van der Waals surface area contributed by atoms with E-state index in [1.165, 1.54) is 7.11 Å². The highest BCUT2D eigenvalue weighted by Gasteiger charge is 2.36. The van der Waals surface area contributed by atoms with E-state index in [4.69, 9.17) is 16.3 Å². The Morgan fingerprint density at radius 1 is 1.14 bits per heavy atom. The molecule has 0 atom stereocenters. The molecule has 0 unspecified atom stereocenters. The van der Waals surface area contributed by atoms with E-state index >= 15 is 0 Å². The van der Waals surface area contributed by atoms with Gasteiger partial charge in [0.1, 0.15) is 16.8 Å². The number of aromatic nitrogens is 1. The number of benzene rings is 2. The number of hydrogen-bond acceptors (Lipinski definition) is 4. The summed E-state index contributed by atoms with van der Waals surface area (Å²) in [6.45, 7) is 0. The second-order valence-corrected chi connectivity index (χ2v) is 7.32. The summed E-state index contributed by atoms with van der Waals surface area (Å²) in [5.74, 6) is 0.858. The van der Waals surface area contributed by atoms with Crippen molar-refractivity contribution in [2.24, 2.45) is 0 Å². The Morgan fingerprint density at radius 2 is 1.83 bits per heavy atom. The van der Waals surface area contributed by atoms with Gasteiger partial charge in [0.15, 0.2) is 0 Å². The van der Waals surface area contributed by atoms with E-state index in [1.54, 1.807) is 54.6 Å². The first-order chi connectivity index (χ1) is 13.8. The van der Waals surface area contributed by atoms with Gasteiger partial charge >= 0.3 is 6.18 Å². The van der Waals surface area contributed by atoms with Gasteiger partial charge in [0.05, 0.1) is 23.9 Å².